The highest BCUT2D eigenvalue weighted by atomic mass is 16.2. The van der Waals surface area contributed by atoms with Gasteiger partial charge in [-0.1, -0.05) is 96.0 Å². The van der Waals surface area contributed by atoms with Crippen molar-refractivity contribution in [2.75, 3.05) is 6.54 Å². The van der Waals surface area contributed by atoms with Gasteiger partial charge in [0.15, 0.2) is 0 Å². The van der Waals surface area contributed by atoms with Crippen LogP contribution in [0.2, 0.25) is 0 Å². The van der Waals surface area contributed by atoms with E-state index >= 15 is 0 Å². The highest BCUT2D eigenvalue weighted by Gasteiger charge is 2.45. The average Bonchev–Trinajstić information content (AvgIpc) is 3.68. The molecular formula is C35H51N5O5. The van der Waals surface area contributed by atoms with Crippen LogP contribution in [0.4, 0.5) is 4.79 Å². The number of primary amides is 1. The Balaban J connectivity index is 1.84. The van der Waals surface area contributed by atoms with Crippen molar-refractivity contribution in [3.63, 3.8) is 0 Å². The molecular weight excluding hydrogens is 570 g/mol. The molecule has 0 radical (unpaired) electrons. The van der Waals surface area contributed by atoms with E-state index in [2.05, 4.69) is 22.5 Å². The van der Waals surface area contributed by atoms with Gasteiger partial charge in [-0.25, -0.2) is 4.79 Å². The fourth-order valence-electron chi connectivity index (χ4n) is 5.93. The predicted molar refractivity (Wildman–Crippen MR) is 176 cm³/mol. The summed E-state index contributed by atoms with van der Waals surface area (Å²) in [5.74, 6) is -2.67. The molecule has 1 heterocycles. The van der Waals surface area contributed by atoms with E-state index in [1.54, 1.807) is 0 Å². The number of allylic oxidation sites excluding steroid dienone is 1. The number of Topliss-reactive ketones (excluding diaryl/α,β-unsaturated/α-hetero) is 1. The van der Waals surface area contributed by atoms with Crippen LogP contribution in [-0.2, 0) is 19.2 Å². The van der Waals surface area contributed by atoms with Crippen LogP contribution in [-0.4, -0.2) is 65.1 Å². The van der Waals surface area contributed by atoms with Gasteiger partial charge in [0.25, 0.3) is 5.91 Å². The van der Waals surface area contributed by atoms with Crippen LogP contribution in [0.15, 0.2) is 48.6 Å². The number of amides is 5. The van der Waals surface area contributed by atoms with Gasteiger partial charge < -0.3 is 26.6 Å². The molecule has 2 fully saturated rings. The highest BCUT2D eigenvalue weighted by molar-refractivity contribution is 6.37. The average molecular weight is 622 g/mol. The molecule has 1 saturated carbocycles. The molecule has 1 aromatic rings. The van der Waals surface area contributed by atoms with Crippen molar-refractivity contribution in [1.29, 1.82) is 0 Å². The van der Waals surface area contributed by atoms with Crippen molar-refractivity contribution >= 4 is 35.1 Å². The summed E-state index contributed by atoms with van der Waals surface area (Å²) in [4.78, 5) is 67.3. The molecule has 5 amide bonds. The van der Waals surface area contributed by atoms with E-state index in [1.807, 2.05) is 84.9 Å². The van der Waals surface area contributed by atoms with Gasteiger partial charge in [-0.3, -0.25) is 19.2 Å². The van der Waals surface area contributed by atoms with Crippen LogP contribution in [0.3, 0.4) is 0 Å². The maximum absolute atomic E-state index is 14.3. The zero-order valence-corrected chi connectivity index (χ0v) is 27.8. The first-order valence-corrected chi connectivity index (χ1v) is 15.9. The number of likely N-dealkylation sites (tertiary alicyclic amines) is 1. The number of hydrogen-bond acceptors (Lipinski definition) is 5. The second-order valence-electron chi connectivity index (χ2n) is 14.2. The second kappa shape index (κ2) is 14.9. The number of nitrogens with zero attached hydrogens (tertiary/aromatic N) is 1. The van der Waals surface area contributed by atoms with E-state index in [0.29, 0.717) is 12.8 Å². The third-order valence-electron chi connectivity index (χ3n) is 8.49. The van der Waals surface area contributed by atoms with Crippen LogP contribution in [0.1, 0.15) is 79.7 Å². The Labute approximate surface area is 267 Å². The van der Waals surface area contributed by atoms with Gasteiger partial charge in [0, 0.05) is 6.54 Å². The molecule has 246 valence electrons. The van der Waals surface area contributed by atoms with Crippen molar-refractivity contribution in [2.24, 2.45) is 28.9 Å². The number of carbonyl (C=O) groups is 5. The molecule has 10 nitrogen and oxygen atoms in total. The first-order chi connectivity index (χ1) is 21.0. The summed E-state index contributed by atoms with van der Waals surface area (Å²) >= 11 is 0. The quantitative estimate of drug-likeness (QED) is 0.194. The van der Waals surface area contributed by atoms with Crippen molar-refractivity contribution in [3.8, 4) is 0 Å². The SMILES string of the molecule is C=C(c1ccccc1)[C@@H](NC(=O)N[C@H](C(=O)N1C[C@H](C=C(C)C)C[C@H]1C(=O)NC(CC1CC1)C(=O)C(N)=O)C(C)(C)C)C(C)C. The largest absolute Gasteiger partial charge is 0.363 e. The van der Waals surface area contributed by atoms with Crippen molar-refractivity contribution in [2.45, 2.75) is 98.3 Å². The first-order valence-electron chi connectivity index (χ1n) is 15.9. The molecule has 10 heteroatoms. The summed E-state index contributed by atoms with van der Waals surface area (Å²) in [6.07, 6.45) is 4.56. The fraction of sp³-hybridized carbons (Fsp3) is 0.571. The number of rotatable bonds is 13. The lowest BCUT2D eigenvalue weighted by Gasteiger charge is -2.36. The molecule has 0 bridgehead atoms. The Bertz CT molecular complexity index is 1310. The minimum Gasteiger partial charge on any atom is -0.363 e. The van der Waals surface area contributed by atoms with Gasteiger partial charge in [0.2, 0.25) is 17.6 Å². The molecule has 0 spiro atoms. The molecule has 0 aromatic heterocycles. The molecule has 2 aliphatic rings. The third kappa shape index (κ3) is 9.77. The van der Waals surface area contributed by atoms with Gasteiger partial charge in [0.1, 0.15) is 12.1 Å². The van der Waals surface area contributed by atoms with E-state index in [4.69, 9.17) is 5.73 Å². The lowest BCUT2D eigenvalue weighted by atomic mass is 9.85. The molecule has 3 rings (SSSR count). The number of carbonyl (C=O) groups excluding carboxylic acids is 5. The number of nitrogens with two attached hydrogens (primary N) is 1. The Hall–Kier alpha value is -3.95. The molecule has 5 N–H and O–H groups in total. The zero-order chi connectivity index (χ0) is 33.6. The van der Waals surface area contributed by atoms with E-state index in [0.717, 1.165) is 29.6 Å². The topological polar surface area (TPSA) is 151 Å². The summed E-state index contributed by atoms with van der Waals surface area (Å²) in [6, 6.07) is 5.82. The molecule has 5 atom stereocenters. The first kappa shape index (κ1) is 35.5. The maximum atomic E-state index is 14.3. The molecule has 1 aliphatic carbocycles. The summed E-state index contributed by atoms with van der Waals surface area (Å²) < 4.78 is 0. The zero-order valence-electron chi connectivity index (χ0n) is 27.8. The minimum absolute atomic E-state index is 0.0235. The Morgan fingerprint density at radius 3 is 2.16 bits per heavy atom. The van der Waals surface area contributed by atoms with E-state index in [9.17, 15) is 24.0 Å². The third-order valence-corrected chi connectivity index (χ3v) is 8.49. The molecule has 1 unspecified atom stereocenters. The molecule has 1 aromatic carbocycles. The predicted octanol–water partition coefficient (Wildman–Crippen LogP) is 3.96. The van der Waals surface area contributed by atoms with Crippen LogP contribution in [0.25, 0.3) is 5.57 Å². The van der Waals surface area contributed by atoms with Crippen LogP contribution >= 0.6 is 0 Å². The van der Waals surface area contributed by atoms with E-state index in [-0.39, 0.29) is 30.3 Å². The Kier molecular flexibility index (Phi) is 11.8. The van der Waals surface area contributed by atoms with Gasteiger partial charge >= 0.3 is 6.03 Å². The minimum atomic E-state index is -1.10. The summed E-state index contributed by atoms with van der Waals surface area (Å²) in [5, 5.41) is 8.66. The maximum Gasteiger partial charge on any atom is 0.315 e. The molecule has 45 heavy (non-hydrogen) atoms. The van der Waals surface area contributed by atoms with E-state index in [1.165, 1.54) is 4.90 Å². The highest BCUT2D eigenvalue weighted by Crippen LogP contribution is 2.34. The van der Waals surface area contributed by atoms with Gasteiger partial charge in [-0.15, -0.1) is 0 Å². The fourth-order valence-corrected chi connectivity index (χ4v) is 5.93. The normalized spacial score (nSPS) is 20.0. The number of urea groups is 1. The lowest BCUT2D eigenvalue weighted by molar-refractivity contribution is -0.143. The van der Waals surface area contributed by atoms with E-state index < -0.39 is 53.1 Å². The van der Waals surface area contributed by atoms with Gasteiger partial charge in [-0.05, 0) is 61.0 Å². The Morgan fingerprint density at radius 2 is 1.64 bits per heavy atom. The second-order valence-corrected chi connectivity index (χ2v) is 14.2. The van der Waals surface area contributed by atoms with Gasteiger partial charge in [0.05, 0.1) is 12.1 Å². The summed E-state index contributed by atoms with van der Waals surface area (Å²) in [7, 11) is 0. The Morgan fingerprint density at radius 1 is 1.02 bits per heavy atom. The van der Waals surface area contributed by atoms with Crippen molar-refractivity contribution in [3.05, 3.63) is 54.1 Å². The van der Waals surface area contributed by atoms with Crippen molar-refractivity contribution in [1.82, 2.24) is 20.9 Å². The lowest BCUT2D eigenvalue weighted by Crippen LogP contribution is -2.60. The number of nitrogens with one attached hydrogen (secondary N) is 3. The number of benzene rings is 1. The van der Waals surface area contributed by atoms with Crippen molar-refractivity contribution < 1.29 is 24.0 Å². The summed E-state index contributed by atoms with van der Waals surface area (Å²) in [6.45, 7) is 18.0. The van der Waals surface area contributed by atoms with Crippen LogP contribution in [0, 0.1) is 23.2 Å². The van der Waals surface area contributed by atoms with Gasteiger partial charge in [-0.2, -0.15) is 0 Å². The number of ketones is 1. The number of hydrogen-bond donors (Lipinski definition) is 4. The standard InChI is InChI=1S/C35H51N5O5/c1-20(2)16-24-18-27(32(43)37-26(17-23-14-15-23)29(41)31(36)42)40(19-24)33(44)30(35(6,7)8)39-34(45)38-28(21(3)4)22(5)25-12-10-9-11-13-25/h9-13,16,21,23-24,26-28,30H,5,14-15,17-19H2,1-4,6-8H3,(H2,36,42)(H,37,43)(H2,38,39,45)/t24-,26?,27+,28+,30-/m1/s1. The molecule has 1 aliphatic heterocycles. The molecule has 1 saturated heterocycles. The van der Waals surface area contributed by atoms with Crippen LogP contribution < -0.4 is 21.7 Å². The summed E-state index contributed by atoms with van der Waals surface area (Å²) in [5.41, 5.74) is 7.30. The van der Waals surface area contributed by atoms with Crippen LogP contribution in [0.5, 0.6) is 0 Å². The smallest absolute Gasteiger partial charge is 0.315 e. The monoisotopic (exact) mass is 621 g/mol.